The minimum atomic E-state index is -0.761. The van der Waals surface area contributed by atoms with Crippen LogP contribution in [-0.2, 0) is 4.79 Å². The van der Waals surface area contributed by atoms with E-state index in [2.05, 4.69) is 94.6 Å². The number of rotatable bonds is 7. The predicted molar refractivity (Wildman–Crippen MR) is 160 cm³/mol. The Morgan fingerprint density at radius 1 is 1.00 bits per heavy atom. The molecule has 0 amide bonds. The number of hydrogen-bond donors (Lipinski definition) is 1. The van der Waals surface area contributed by atoms with Crippen LogP contribution >= 0.6 is 35.7 Å². The maximum Gasteiger partial charge on any atom is 0.303 e. The molecule has 5 nitrogen and oxygen atoms in total. The first-order valence-electron chi connectivity index (χ1n) is 11.8. The molecule has 3 aromatic rings. The molecule has 0 radical (unpaired) electrons. The summed E-state index contributed by atoms with van der Waals surface area (Å²) >= 11 is 1.86. The number of para-hydroxylation sites is 3. The normalized spacial score (nSPS) is 17.2. The quantitative estimate of drug-likeness (QED) is 0.289. The molecule has 2 aliphatic heterocycles. The summed E-state index contributed by atoms with van der Waals surface area (Å²) in [6.07, 6.45) is 5.33. The predicted octanol–water partition coefficient (Wildman–Crippen LogP) is 7.05. The van der Waals surface area contributed by atoms with Gasteiger partial charge in [-0.15, -0.1) is 24.0 Å². The van der Waals surface area contributed by atoms with Gasteiger partial charge in [0, 0.05) is 43.2 Å². The van der Waals surface area contributed by atoms with Crippen LogP contribution in [-0.4, -0.2) is 42.0 Å². The van der Waals surface area contributed by atoms with Gasteiger partial charge < -0.3 is 14.9 Å². The van der Waals surface area contributed by atoms with E-state index in [0.29, 0.717) is 13.0 Å². The molecule has 7 heteroatoms. The van der Waals surface area contributed by atoms with E-state index >= 15 is 0 Å². The lowest BCUT2D eigenvalue weighted by Gasteiger charge is -2.38. The molecule has 3 aromatic carbocycles. The minimum Gasteiger partial charge on any atom is -0.481 e. The zero-order valence-electron chi connectivity index (χ0n) is 20.4. The Kier molecular flexibility index (Phi) is 8.31. The number of carboxylic acid groups (broad SMARTS) is 1. The van der Waals surface area contributed by atoms with Gasteiger partial charge in [0.1, 0.15) is 5.82 Å². The van der Waals surface area contributed by atoms with E-state index < -0.39 is 5.97 Å². The van der Waals surface area contributed by atoms with Crippen molar-refractivity contribution in [2.45, 2.75) is 23.1 Å². The number of fused-ring (bicyclic) bond motifs is 2. The van der Waals surface area contributed by atoms with E-state index in [1.807, 2.05) is 37.0 Å². The largest absolute Gasteiger partial charge is 0.481 e. The molecule has 0 aliphatic carbocycles. The van der Waals surface area contributed by atoms with Crippen LogP contribution < -0.4 is 9.80 Å². The lowest BCUT2D eigenvalue weighted by Crippen LogP contribution is -2.33. The molecule has 0 saturated heterocycles. The van der Waals surface area contributed by atoms with Crippen LogP contribution in [0.1, 0.15) is 18.4 Å². The number of hydrogen-bond acceptors (Lipinski definition) is 5. The number of nitrogens with zero attached hydrogens (tertiary/aromatic N) is 3. The fourth-order valence-corrected chi connectivity index (χ4v) is 5.90. The summed E-state index contributed by atoms with van der Waals surface area (Å²) in [7, 11) is 4.19. The first-order chi connectivity index (χ1) is 17.0. The van der Waals surface area contributed by atoms with E-state index in [1.165, 1.54) is 21.7 Å². The third-order valence-corrected chi connectivity index (χ3v) is 7.75. The highest BCUT2D eigenvalue weighted by Gasteiger charge is 2.29. The summed E-state index contributed by atoms with van der Waals surface area (Å²) in [6.45, 7) is 0.653. The lowest BCUT2D eigenvalue weighted by atomic mass is 9.97. The summed E-state index contributed by atoms with van der Waals surface area (Å²) in [5, 5.41) is 9.33. The molecule has 36 heavy (non-hydrogen) atoms. The van der Waals surface area contributed by atoms with Crippen LogP contribution in [0.4, 0.5) is 17.1 Å². The molecule has 1 N–H and O–H groups in total. The third kappa shape index (κ3) is 5.27. The SMILES string of the molecule is CN(CCCC(=O)O)C1=CC(=CC2Sc3ccccc3N2C)c2ccccc2N1c1ccccc1.I. The van der Waals surface area contributed by atoms with Gasteiger partial charge in [-0.05, 0) is 54.5 Å². The van der Waals surface area contributed by atoms with E-state index in [-0.39, 0.29) is 35.8 Å². The number of aliphatic carboxylic acids is 1. The van der Waals surface area contributed by atoms with Crippen molar-refractivity contribution in [3.8, 4) is 0 Å². The Morgan fingerprint density at radius 3 is 2.39 bits per heavy atom. The molecule has 5 rings (SSSR count). The number of likely N-dealkylation sites (N-methyl/N-ethyl adjacent to an activating group) is 1. The van der Waals surface area contributed by atoms with Gasteiger partial charge in [0.2, 0.25) is 0 Å². The summed E-state index contributed by atoms with van der Waals surface area (Å²) in [5.74, 6) is 0.275. The highest BCUT2D eigenvalue weighted by atomic mass is 127. The Labute approximate surface area is 234 Å². The van der Waals surface area contributed by atoms with Crippen molar-refractivity contribution in [1.82, 2.24) is 4.90 Å². The maximum absolute atomic E-state index is 11.1. The van der Waals surface area contributed by atoms with Crippen LogP contribution in [0.15, 0.2) is 102 Å². The topological polar surface area (TPSA) is 47.0 Å². The van der Waals surface area contributed by atoms with Gasteiger partial charge in [0.25, 0.3) is 0 Å². The van der Waals surface area contributed by atoms with Gasteiger partial charge in [-0.3, -0.25) is 9.69 Å². The van der Waals surface area contributed by atoms with Crippen molar-refractivity contribution in [1.29, 1.82) is 0 Å². The van der Waals surface area contributed by atoms with Gasteiger partial charge in [0.15, 0.2) is 0 Å². The van der Waals surface area contributed by atoms with Crippen molar-refractivity contribution >= 4 is 64.3 Å². The zero-order chi connectivity index (χ0) is 24.4. The molecule has 0 spiro atoms. The number of benzene rings is 3. The van der Waals surface area contributed by atoms with E-state index in [1.54, 1.807) is 0 Å². The molecule has 1 unspecified atom stereocenters. The molecule has 186 valence electrons. The third-order valence-electron chi connectivity index (χ3n) is 6.46. The van der Waals surface area contributed by atoms with Crippen molar-refractivity contribution in [2.24, 2.45) is 0 Å². The zero-order valence-corrected chi connectivity index (χ0v) is 23.5. The van der Waals surface area contributed by atoms with Crippen molar-refractivity contribution in [2.75, 3.05) is 30.4 Å². The van der Waals surface area contributed by atoms with Crippen molar-refractivity contribution in [3.05, 3.63) is 102 Å². The van der Waals surface area contributed by atoms with Crippen molar-refractivity contribution < 1.29 is 9.90 Å². The van der Waals surface area contributed by atoms with Gasteiger partial charge in [-0.1, -0.05) is 60.3 Å². The molecule has 2 heterocycles. The molecular weight excluding hydrogens is 581 g/mol. The fourth-order valence-electron chi connectivity index (χ4n) is 4.66. The molecular formula is C29H30IN3O2S. The van der Waals surface area contributed by atoms with Crippen LogP contribution in [0.2, 0.25) is 0 Å². The van der Waals surface area contributed by atoms with Gasteiger partial charge in [-0.25, -0.2) is 0 Å². The number of carbonyl (C=O) groups is 1. The molecule has 2 aliphatic rings. The minimum absolute atomic E-state index is 0. The van der Waals surface area contributed by atoms with E-state index in [4.69, 9.17) is 5.11 Å². The lowest BCUT2D eigenvalue weighted by molar-refractivity contribution is -0.137. The smallest absolute Gasteiger partial charge is 0.303 e. The highest BCUT2D eigenvalue weighted by molar-refractivity contribution is 14.0. The van der Waals surface area contributed by atoms with Crippen LogP contribution in [0, 0.1) is 0 Å². The Morgan fingerprint density at radius 2 is 1.67 bits per heavy atom. The Hall–Kier alpha value is -2.91. The Balaban J connectivity index is 0.00000304. The van der Waals surface area contributed by atoms with Gasteiger partial charge in [0.05, 0.1) is 16.7 Å². The summed E-state index contributed by atoms with van der Waals surface area (Å²) in [4.78, 5) is 19.2. The Bertz CT molecular complexity index is 1290. The average Bonchev–Trinajstić information content (AvgIpc) is 3.19. The van der Waals surface area contributed by atoms with Crippen LogP contribution in [0.5, 0.6) is 0 Å². The average molecular weight is 612 g/mol. The molecule has 0 fully saturated rings. The molecule has 0 bridgehead atoms. The fraction of sp³-hybridized carbons (Fsp3) is 0.207. The summed E-state index contributed by atoms with van der Waals surface area (Å²) in [5.41, 5.74) is 5.81. The van der Waals surface area contributed by atoms with Crippen molar-refractivity contribution in [3.63, 3.8) is 0 Å². The second-order valence-corrected chi connectivity index (χ2v) is 9.98. The number of thioether (sulfide) groups is 1. The van der Waals surface area contributed by atoms with Gasteiger partial charge >= 0.3 is 5.97 Å². The first kappa shape index (κ1) is 26.2. The summed E-state index contributed by atoms with van der Waals surface area (Å²) < 4.78 is 0. The van der Waals surface area contributed by atoms with E-state index in [9.17, 15) is 4.79 Å². The second kappa shape index (κ2) is 11.4. The maximum atomic E-state index is 11.1. The van der Waals surface area contributed by atoms with E-state index in [0.717, 1.165) is 17.2 Å². The summed E-state index contributed by atoms with van der Waals surface area (Å²) in [6, 6.07) is 27.4. The number of halogens is 1. The highest BCUT2D eigenvalue weighted by Crippen LogP contribution is 2.46. The van der Waals surface area contributed by atoms with Gasteiger partial charge in [-0.2, -0.15) is 0 Å². The number of allylic oxidation sites excluding steroid dienone is 2. The number of anilines is 3. The molecule has 0 saturated carbocycles. The van der Waals surface area contributed by atoms with Crippen LogP contribution in [0.3, 0.4) is 0 Å². The second-order valence-electron chi connectivity index (χ2n) is 8.82. The standard InChI is InChI=1S/C29H29N3O2S.HI/c1-30(18-10-17-29(33)34)27-19-21(20-28-31(2)25-15-8-9-16-26(25)35-28)23-13-6-7-14-24(23)32(27)22-11-4-3-5-12-22;/h3-9,11-16,19-20,28H,10,17-18H2,1-2H3,(H,33,34);1H. The number of carboxylic acids is 1. The van der Waals surface area contributed by atoms with Crippen LogP contribution in [0.25, 0.3) is 5.57 Å². The molecule has 0 aromatic heterocycles. The monoisotopic (exact) mass is 611 g/mol. The molecule has 1 atom stereocenters. The first-order valence-corrected chi connectivity index (χ1v) is 12.7.